The average molecular weight is 242 g/mol. The number of hydrogen-bond acceptors (Lipinski definition) is 3. The molecule has 4 nitrogen and oxygen atoms in total. The predicted molar refractivity (Wildman–Crippen MR) is 68.8 cm³/mol. The van der Waals surface area contributed by atoms with Gasteiger partial charge in [0.1, 0.15) is 0 Å². The van der Waals surface area contributed by atoms with E-state index in [1.807, 2.05) is 11.9 Å². The van der Waals surface area contributed by atoms with Crippen LogP contribution in [0.25, 0.3) is 0 Å². The quantitative estimate of drug-likeness (QED) is 0.693. The Morgan fingerprint density at radius 1 is 1.35 bits per heavy atom. The zero-order valence-electron chi connectivity index (χ0n) is 11.4. The largest absolute Gasteiger partial charge is 0.395 e. The van der Waals surface area contributed by atoms with Gasteiger partial charge in [-0.25, -0.2) is 0 Å². The van der Waals surface area contributed by atoms with Crippen molar-refractivity contribution in [3.63, 3.8) is 0 Å². The fourth-order valence-electron chi connectivity index (χ4n) is 2.27. The van der Waals surface area contributed by atoms with Gasteiger partial charge < -0.3 is 10.0 Å². The van der Waals surface area contributed by atoms with Crippen molar-refractivity contribution in [3.05, 3.63) is 0 Å². The monoisotopic (exact) mass is 242 g/mol. The third-order valence-electron chi connectivity index (χ3n) is 3.67. The molecule has 1 aliphatic carbocycles. The fourth-order valence-corrected chi connectivity index (χ4v) is 2.27. The number of aliphatic hydroxyl groups is 1. The van der Waals surface area contributed by atoms with Gasteiger partial charge in [-0.05, 0) is 25.7 Å². The smallest absolute Gasteiger partial charge is 0.236 e. The molecule has 1 rings (SSSR count). The molecule has 0 radical (unpaired) electrons. The first-order valence-electron chi connectivity index (χ1n) is 6.74. The molecule has 1 aliphatic rings. The van der Waals surface area contributed by atoms with Gasteiger partial charge in [0.15, 0.2) is 0 Å². The number of amides is 1. The van der Waals surface area contributed by atoms with Gasteiger partial charge in [-0.1, -0.05) is 13.8 Å². The predicted octanol–water partition coefficient (Wildman–Crippen LogP) is 1.09. The highest BCUT2D eigenvalue weighted by atomic mass is 16.3. The van der Waals surface area contributed by atoms with E-state index in [1.165, 1.54) is 0 Å². The van der Waals surface area contributed by atoms with Gasteiger partial charge in [0.05, 0.1) is 13.2 Å². The Hall–Kier alpha value is -0.610. The summed E-state index contributed by atoms with van der Waals surface area (Å²) in [6, 6.07) is 0.874. The maximum absolute atomic E-state index is 12.0. The lowest BCUT2D eigenvalue weighted by Crippen LogP contribution is -2.45. The minimum atomic E-state index is 0.122. The SMILES string of the molecule is CCC(CC)N(CCO)CC(=O)N(C)C1CC1. The summed E-state index contributed by atoms with van der Waals surface area (Å²) < 4.78 is 0. The van der Waals surface area contributed by atoms with E-state index in [9.17, 15) is 4.79 Å². The number of nitrogens with zero attached hydrogens (tertiary/aromatic N) is 2. The van der Waals surface area contributed by atoms with Gasteiger partial charge >= 0.3 is 0 Å². The maximum Gasteiger partial charge on any atom is 0.236 e. The molecule has 0 aromatic carbocycles. The molecule has 0 aliphatic heterocycles. The number of carbonyl (C=O) groups is 1. The molecule has 0 unspecified atom stereocenters. The molecule has 0 spiro atoms. The summed E-state index contributed by atoms with van der Waals surface area (Å²) in [5.74, 6) is 0.188. The summed E-state index contributed by atoms with van der Waals surface area (Å²) in [5, 5.41) is 9.08. The lowest BCUT2D eigenvalue weighted by Gasteiger charge is -2.30. The molecule has 1 fully saturated rings. The lowest BCUT2D eigenvalue weighted by atomic mass is 10.1. The Morgan fingerprint density at radius 2 is 1.94 bits per heavy atom. The molecule has 100 valence electrons. The lowest BCUT2D eigenvalue weighted by molar-refractivity contribution is -0.132. The highest BCUT2D eigenvalue weighted by molar-refractivity contribution is 5.78. The first-order chi connectivity index (χ1) is 8.13. The van der Waals surface area contributed by atoms with E-state index < -0.39 is 0 Å². The van der Waals surface area contributed by atoms with Gasteiger partial charge in [-0.2, -0.15) is 0 Å². The third kappa shape index (κ3) is 4.28. The minimum absolute atomic E-state index is 0.122. The van der Waals surface area contributed by atoms with Crippen molar-refractivity contribution in [3.8, 4) is 0 Å². The van der Waals surface area contributed by atoms with Crippen LogP contribution in [0.3, 0.4) is 0 Å². The van der Waals surface area contributed by atoms with Crippen LogP contribution in [0.4, 0.5) is 0 Å². The molecular weight excluding hydrogens is 216 g/mol. The summed E-state index contributed by atoms with van der Waals surface area (Å²) >= 11 is 0. The highest BCUT2D eigenvalue weighted by Crippen LogP contribution is 2.25. The second kappa shape index (κ2) is 6.97. The van der Waals surface area contributed by atoms with Crippen LogP contribution in [0, 0.1) is 0 Å². The van der Waals surface area contributed by atoms with Crippen molar-refractivity contribution in [1.82, 2.24) is 9.80 Å². The Kier molecular flexibility index (Phi) is 5.92. The summed E-state index contributed by atoms with van der Waals surface area (Å²) in [4.78, 5) is 16.0. The molecule has 1 amide bonds. The second-order valence-electron chi connectivity index (χ2n) is 4.90. The first-order valence-corrected chi connectivity index (χ1v) is 6.74. The number of likely N-dealkylation sites (N-methyl/N-ethyl adjacent to an activating group) is 1. The summed E-state index contributed by atoms with van der Waals surface area (Å²) in [5.41, 5.74) is 0. The molecule has 17 heavy (non-hydrogen) atoms. The van der Waals surface area contributed by atoms with E-state index in [4.69, 9.17) is 5.11 Å². The highest BCUT2D eigenvalue weighted by Gasteiger charge is 2.30. The normalized spacial score (nSPS) is 15.6. The molecule has 1 saturated carbocycles. The Morgan fingerprint density at radius 3 is 2.35 bits per heavy atom. The molecule has 0 aromatic heterocycles. The van der Waals surface area contributed by atoms with Gasteiger partial charge in [0.2, 0.25) is 5.91 Å². The van der Waals surface area contributed by atoms with Crippen LogP contribution in [-0.2, 0) is 4.79 Å². The molecule has 0 bridgehead atoms. The van der Waals surface area contributed by atoms with Crippen molar-refractivity contribution in [2.75, 3.05) is 26.7 Å². The fraction of sp³-hybridized carbons (Fsp3) is 0.923. The van der Waals surface area contributed by atoms with Crippen LogP contribution in [-0.4, -0.2) is 59.6 Å². The zero-order chi connectivity index (χ0) is 12.8. The van der Waals surface area contributed by atoms with E-state index in [0.29, 0.717) is 25.2 Å². The summed E-state index contributed by atoms with van der Waals surface area (Å²) in [7, 11) is 1.89. The second-order valence-corrected chi connectivity index (χ2v) is 4.90. The molecular formula is C13H26N2O2. The van der Waals surface area contributed by atoms with Crippen molar-refractivity contribution >= 4 is 5.91 Å². The molecule has 4 heteroatoms. The number of hydrogen-bond donors (Lipinski definition) is 1. The van der Waals surface area contributed by atoms with Gasteiger partial charge in [-0.3, -0.25) is 9.69 Å². The molecule has 0 saturated heterocycles. The van der Waals surface area contributed by atoms with Crippen LogP contribution < -0.4 is 0 Å². The Labute approximate surface area is 105 Å². The van der Waals surface area contributed by atoms with Crippen molar-refractivity contribution in [2.45, 2.75) is 51.6 Å². The van der Waals surface area contributed by atoms with Crippen molar-refractivity contribution < 1.29 is 9.90 Å². The van der Waals surface area contributed by atoms with Crippen LogP contribution in [0.2, 0.25) is 0 Å². The first kappa shape index (κ1) is 14.5. The van der Waals surface area contributed by atoms with Crippen LogP contribution in [0.1, 0.15) is 39.5 Å². The zero-order valence-corrected chi connectivity index (χ0v) is 11.4. The topological polar surface area (TPSA) is 43.8 Å². The maximum atomic E-state index is 12.0. The van der Waals surface area contributed by atoms with Crippen LogP contribution in [0.5, 0.6) is 0 Å². The summed E-state index contributed by atoms with van der Waals surface area (Å²) in [6.07, 6.45) is 4.34. The van der Waals surface area contributed by atoms with E-state index in [2.05, 4.69) is 18.7 Å². The average Bonchev–Trinajstić information content (AvgIpc) is 3.13. The van der Waals surface area contributed by atoms with Crippen molar-refractivity contribution in [1.29, 1.82) is 0 Å². The van der Waals surface area contributed by atoms with Gasteiger partial charge in [-0.15, -0.1) is 0 Å². The Bertz CT molecular complexity index is 238. The van der Waals surface area contributed by atoms with Gasteiger partial charge in [0, 0.05) is 25.7 Å². The molecule has 0 heterocycles. The van der Waals surface area contributed by atoms with Crippen molar-refractivity contribution in [2.24, 2.45) is 0 Å². The number of carbonyl (C=O) groups excluding carboxylic acids is 1. The number of rotatable bonds is 8. The molecule has 0 aromatic rings. The standard InChI is InChI=1S/C13H26N2O2/c1-4-11(5-2)15(8-9-16)10-13(17)14(3)12-6-7-12/h11-12,16H,4-10H2,1-3H3. The van der Waals surface area contributed by atoms with E-state index in [-0.39, 0.29) is 12.5 Å². The summed E-state index contributed by atoms with van der Waals surface area (Å²) in [6.45, 7) is 5.43. The van der Waals surface area contributed by atoms with Gasteiger partial charge in [0.25, 0.3) is 0 Å². The molecule has 1 N–H and O–H groups in total. The molecule has 0 atom stereocenters. The minimum Gasteiger partial charge on any atom is -0.395 e. The van der Waals surface area contributed by atoms with E-state index in [1.54, 1.807) is 0 Å². The van der Waals surface area contributed by atoms with E-state index in [0.717, 1.165) is 25.7 Å². The van der Waals surface area contributed by atoms with E-state index >= 15 is 0 Å². The number of aliphatic hydroxyl groups excluding tert-OH is 1. The Balaban J connectivity index is 2.49. The van der Waals surface area contributed by atoms with Crippen LogP contribution in [0.15, 0.2) is 0 Å². The third-order valence-corrected chi connectivity index (χ3v) is 3.67. The van der Waals surface area contributed by atoms with Crippen LogP contribution >= 0.6 is 0 Å².